The van der Waals surface area contributed by atoms with E-state index in [-0.39, 0.29) is 18.4 Å². The van der Waals surface area contributed by atoms with Gasteiger partial charge in [0.1, 0.15) is 23.2 Å². The number of anilines is 2. The second-order valence-corrected chi connectivity index (χ2v) is 10.1. The second kappa shape index (κ2) is 12.6. The molecule has 41 heavy (non-hydrogen) atoms. The van der Waals surface area contributed by atoms with Gasteiger partial charge in [0, 0.05) is 32.0 Å². The normalized spacial score (nSPS) is 14.3. The van der Waals surface area contributed by atoms with Gasteiger partial charge in [-0.3, -0.25) is 10.1 Å². The predicted octanol–water partition coefficient (Wildman–Crippen LogP) is 5.37. The minimum absolute atomic E-state index is 0.0140. The first-order valence-electron chi connectivity index (χ1n) is 12.2. The lowest BCUT2D eigenvalue weighted by Crippen LogP contribution is -2.30. The smallest absolute Gasteiger partial charge is 0.324 e. The van der Waals surface area contributed by atoms with Crippen molar-refractivity contribution < 1.29 is 36.7 Å². The number of hydrogen-bond acceptors (Lipinski definition) is 10. The Labute approximate surface area is 236 Å². The molecule has 0 aliphatic heterocycles. The van der Waals surface area contributed by atoms with Crippen molar-refractivity contribution in [2.75, 3.05) is 25.6 Å². The molecular weight excluding hydrogens is 568 g/mol. The lowest BCUT2D eigenvalue weighted by molar-refractivity contribution is -0.119. The molecule has 1 aliphatic rings. The maximum atomic E-state index is 14.7. The quantitative estimate of drug-likeness (QED) is 0.0516. The second-order valence-electron chi connectivity index (χ2n) is 9.15. The molecule has 2 aromatic heterocycles. The zero-order chi connectivity index (χ0) is 29.6. The molecule has 1 aliphatic carbocycles. The van der Waals surface area contributed by atoms with Gasteiger partial charge in [0.05, 0.1) is 24.6 Å². The van der Waals surface area contributed by atoms with Gasteiger partial charge in [-0.05, 0) is 35.2 Å². The van der Waals surface area contributed by atoms with E-state index in [2.05, 4.69) is 36.8 Å². The van der Waals surface area contributed by atoms with E-state index in [0.29, 0.717) is 40.5 Å². The van der Waals surface area contributed by atoms with Crippen LogP contribution in [0, 0.1) is 11.2 Å². The Morgan fingerprint density at radius 3 is 2.54 bits per heavy atom. The maximum absolute atomic E-state index is 14.7. The fourth-order valence-corrected chi connectivity index (χ4v) is 4.43. The minimum atomic E-state index is -3.11. The van der Waals surface area contributed by atoms with Crippen molar-refractivity contribution in [1.29, 1.82) is 0 Å². The van der Waals surface area contributed by atoms with E-state index in [0.717, 1.165) is 6.92 Å². The lowest BCUT2D eigenvalue weighted by atomic mass is 9.98. The van der Waals surface area contributed by atoms with E-state index in [1.807, 2.05) is 0 Å². The van der Waals surface area contributed by atoms with Crippen molar-refractivity contribution >= 4 is 34.3 Å². The van der Waals surface area contributed by atoms with Crippen LogP contribution in [0.5, 0.6) is 5.19 Å². The fourth-order valence-electron chi connectivity index (χ4n) is 3.74. The topological polar surface area (TPSA) is 120 Å². The zero-order valence-corrected chi connectivity index (χ0v) is 22.9. The molecule has 218 valence electrons. The molecule has 1 amide bonds. The van der Waals surface area contributed by atoms with Crippen molar-refractivity contribution in [3.8, 4) is 16.3 Å². The summed E-state index contributed by atoms with van der Waals surface area (Å²) in [5, 5.41) is 8.92. The van der Waals surface area contributed by atoms with Gasteiger partial charge in [-0.15, -0.1) is 0 Å². The van der Waals surface area contributed by atoms with Crippen molar-refractivity contribution in [2.45, 2.75) is 32.1 Å². The molecule has 2 N–H and O–H groups in total. The van der Waals surface area contributed by atoms with Crippen LogP contribution >= 0.6 is 11.3 Å². The number of oxime groups is 1. The molecule has 0 spiro atoms. The van der Waals surface area contributed by atoms with Crippen LogP contribution in [0.1, 0.15) is 25.3 Å². The molecule has 0 saturated heterocycles. The van der Waals surface area contributed by atoms with E-state index in [4.69, 9.17) is 9.47 Å². The summed E-state index contributed by atoms with van der Waals surface area (Å²) in [5.41, 5.74) is -0.649. The van der Waals surface area contributed by atoms with Crippen molar-refractivity contribution in [1.82, 2.24) is 20.3 Å². The molecule has 3 aromatic rings. The fraction of sp³-hybridized carbons (Fsp3) is 0.346. The van der Waals surface area contributed by atoms with Gasteiger partial charge >= 0.3 is 6.09 Å². The molecule has 0 unspecified atom stereocenters. The molecular formula is C26H26F4N6O4S. The Hall–Kier alpha value is -4.11. The van der Waals surface area contributed by atoms with Gasteiger partial charge in [0.2, 0.25) is 11.9 Å². The van der Waals surface area contributed by atoms with Gasteiger partial charge in [0.15, 0.2) is 0 Å². The van der Waals surface area contributed by atoms with E-state index in [1.54, 1.807) is 24.7 Å². The Morgan fingerprint density at radius 1 is 1.17 bits per heavy atom. The average Bonchev–Trinajstić information content (AvgIpc) is 3.64. The van der Waals surface area contributed by atoms with Gasteiger partial charge in [-0.25, -0.2) is 28.1 Å². The molecule has 1 saturated carbocycles. The van der Waals surface area contributed by atoms with Crippen molar-refractivity contribution in [3.05, 3.63) is 60.5 Å². The van der Waals surface area contributed by atoms with E-state index in [9.17, 15) is 22.4 Å². The Bertz CT molecular complexity index is 1420. The van der Waals surface area contributed by atoms with E-state index >= 15 is 0 Å². The summed E-state index contributed by atoms with van der Waals surface area (Å²) in [7, 11) is 1.57. The predicted molar refractivity (Wildman–Crippen MR) is 143 cm³/mol. The van der Waals surface area contributed by atoms with Crippen molar-refractivity contribution in [2.24, 2.45) is 10.6 Å². The summed E-state index contributed by atoms with van der Waals surface area (Å²) in [6, 6.07) is 4.12. The Morgan fingerprint density at radius 2 is 1.90 bits per heavy atom. The number of hydrogen-bond donors (Lipinski definition) is 2. The van der Waals surface area contributed by atoms with Crippen LogP contribution in [-0.4, -0.2) is 53.2 Å². The first-order valence-corrected chi connectivity index (χ1v) is 13.1. The van der Waals surface area contributed by atoms with Gasteiger partial charge in [-0.1, -0.05) is 30.0 Å². The first-order chi connectivity index (χ1) is 19.5. The number of alkyl halides is 2. The molecule has 1 aromatic carbocycles. The molecule has 0 radical (unpaired) electrons. The number of nitrogens with one attached hydrogen (secondary N) is 2. The summed E-state index contributed by atoms with van der Waals surface area (Å²) in [6.07, 6.45) is 2.83. The zero-order valence-electron chi connectivity index (χ0n) is 22.0. The third-order valence-corrected chi connectivity index (χ3v) is 7.05. The first kappa shape index (κ1) is 29.9. The highest BCUT2D eigenvalue weighted by Gasteiger charge is 2.62. The average molecular weight is 595 g/mol. The van der Waals surface area contributed by atoms with Crippen LogP contribution in [0.15, 0.2) is 54.3 Å². The highest BCUT2D eigenvalue weighted by Crippen LogP contribution is 2.61. The number of allylic oxidation sites excluding steroid dienone is 1. The Kier molecular flexibility index (Phi) is 9.18. The minimum Gasteiger partial charge on any atom is -0.468 e. The Balaban J connectivity index is 1.30. The number of rotatable bonds is 13. The molecule has 0 atom stereocenters. The number of carbonyl (C=O) groups is 1. The molecule has 2 heterocycles. The maximum Gasteiger partial charge on any atom is 0.324 e. The number of methoxy groups -OCH3 is 1. The summed E-state index contributed by atoms with van der Waals surface area (Å²) >= 11 is 1.27. The number of ether oxygens (including phenoxy) is 2. The van der Waals surface area contributed by atoms with Gasteiger partial charge in [0.25, 0.3) is 11.1 Å². The van der Waals surface area contributed by atoms with Crippen LogP contribution in [0.3, 0.4) is 0 Å². The molecule has 1 fully saturated rings. The molecule has 4 rings (SSSR count). The SMILES string of the molecule is C=C(O/N=C(\F)NC(=O)Cc1ccc(-c2cnc(Nc3cnc(OCCOC)s3)nc2)cc1F)C1(C(C)(F)F)CC1. The monoisotopic (exact) mass is 594 g/mol. The molecule has 15 heteroatoms. The van der Waals surface area contributed by atoms with Gasteiger partial charge in [-0.2, -0.15) is 4.39 Å². The third kappa shape index (κ3) is 7.55. The summed E-state index contributed by atoms with van der Waals surface area (Å²) in [6.45, 7) is 4.92. The highest BCUT2D eigenvalue weighted by atomic mass is 32.1. The largest absolute Gasteiger partial charge is 0.468 e. The number of nitrogens with zero attached hydrogens (tertiary/aromatic N) is 4. The number of carbonyl (C=O) groups excluding carboxylic acids is 1. The summed E-state index contributed by atoms with van der Waals surface area (Å²) < 4.78 is 66.5. The summed E-state index contributed by atoms with van der Waals surface area (Å²) in [5.74, 6) is -4.86. The number of amidine groups is 1. The van der Waals surface area contributed by atoms with Crippen LogP contribution in [-0.2, 0) is 20.8 Å². The number of benzene rings is 1. The van der Waals surface area contributed by atoms with Crippen LogP contribution in [0.25, 0.3) is 11.1 Å². The highest BCUT2D eigenvalue weighted by molar-refractivity contribution is 7.17. The number of halogens is 4. The van der Waals surface area contributed by atoms with Crippen molar-refractivity contribution in [3.63, 3.8) is 0 Å². The third-order valence-electron chi connectivity index (χ3n) is 6.22. The number of thiazole rings is 1. The van der Waals surface area contributed by atoms with Crippen LogP contribution < -0.4 is 15.4 Å². The standard InChI is InChI=1S/C26H26F4N6O4S/c1-15(26(6-7-26)25(2,29)30)40-36-22(28)34-20(37)11-17-5-4-16(10-19(17)27)18-12-31-23(32-13-18)35-21-14-33-24(41-21)39-9-8-38-3/h4-5,10,12-14H,1,6-9,11H2,2-3H3,(H,31,32,35)(H,34,36,37). The lowest BCUT2D eigenvalue weighted by Gasteiger charge is -2.22. The van der Waals surface area contributed by atoms with Gasteiger partial charge < -0.3 is 19.6 Å². The molecule has 10 nitrogen and oxygen atoms in total. The summed E-state index contributed by atoms with van der Waals surface area (Å²) in [4.78, 5) is 29.4. The molecule has 0 bridgehead atoms. The van der Waals surface area contributed by atoms with E-state index in [1.165, 1.54) is 35.9 Å². The van der Waals surface area contributed by atoms with E-state index < -0.39 is 41.3 Å². The van der Waals surface area contributed by atoms with Crippen LogP contribution in [0.4, 0.5) is 28.5 Å². The number of aromatic nitrogens is 3. The number of amides is 1. The van der Waals surface area contributed by atoms with Crippen LogP contribution in [0.2, 0.25) is 0 Å².